The molecule has 6 nitrogen and oxygen atoms in total. The number of nitrogens with one attached hydrogen (secondary N) is 2. The SMILES string of the molecule is CC(Nc1ncc(Br)cc1C(=O)O)C(=O)NC1CC1. The van der Waals surface area contributed by atoms with E-state index in [1.807, 2.05) is 0 Å². The molecule has 1 atom stereocenters. The number of carbonyl (C=O) groups is 2. The minimum absolute atomic E-state index is 0.0282. The molecule has 0 spiro atoms. The molecule has 3 N–H and O–H groups in total. The molecule has 1 aromatic heterocycles. The van der Waals surface area contributed by atoms with E-state index >= 15 is 0 Å². The van der Waals surface area contributed by atoms with Gasteiger partial charge in [-0.05, 0) is 41.8 Å². The van der Waals surface area contributed by atoms with Crippen LogP contribution in [-0.4, -0.2) is 34.1 Å². The molecule has 0 aromatic carbocycles. The van der Waals surface area contributed by atoms with Gasteiger partial charge < -0.3 is 15.7 Å². The largest absolute Gasteiger partial charge is 0.478 e. The van der Waals surface area contributed by atoms with E-state index < -0.39 is 12.0 Å². The first kappa shape index (κ1) is 13.8. The number of carbonyl (C=O) groups excluding carboxylic acids is 1. The number of amides is 1. The van der Waals surface area contributed by atoms with E-state index in [-0.39, 0.29) is 23.3 Å². The summed E-state index contributed by atoms with van der Waals surface area (Å²) in [5.41, 5.74) is 0.0282. The number of hydrogen-bond donors (Lipinski definition) is 3. The number of aromatic carboxylic acids is 1. The summed E-state index contributed by atoms with van der Waals surface area (Å²) in [6.07, 6.45) is 3.50. The van der Waals surface area contributed by atoms with Crippen molar-refractivity contribution in [2.24, 2.45) is 0 Å². The van der Waals surface area contributed by atoms with Crippen molar-refractivity contribution in [2.45, 2.75) is 31.8 Å². The van der Waals surface area contributed by atoms with Crippen LogP contribution in [0.5, 0.6) is 0 Å². The Morgan fingerprint density at radius 1 is 1.53 bits per heavy atom. The van der Waals surface area contributed by atoms with Gasteiger partial charge >= 0.3 is 5.97 Å². The zero-order chi connectivity index (χ0) is 14.0. The second-order valence-electron chi connectivity index (χ2n) is 4.50. The number of carboxylic acids is 1. The third-order valence-corrected chi connectivity index (χ3v) is 3.19. The summed E-state index contributed by atoms with van der Waals surface area (Å²) >= 11 is 3.17. The first-order valence-electron chi connectivity index (χ1n) is 5.93. The van der Waals surface area contributed by atoms with E-state index in [4.69, 9.17) is 5.11 Å². The Morgan fingerprint density at radius 2 is 2.21 bits per heavy atom. The molecule has 1 amide bonds. The summed E-state index contributed by atoms with van der Waals surface area (Å²) in [7, 11) is 0. The van der Waals surface area contributed by atoms with Gasteiger partial charge in [0, 0.05) is 16.7 Å². The maximum atomic E-state index is 11.8. The minimum atomic E-state index is -1.09. The lowest BCUT2D eigenvalue weighted by atomic mass is 10.2. The van der Waals surface area contributed by atoms with Gasteiger partial charge in [-0.3, -0.25) is 4.79 Å². The third-order valence-electron chi connectivity index (χ3n) is 2.75. The summed E-state index contributed by atoms with van der Waals surface area (Å²) in [5.74, 6) is -1.05. The zero-order valence-electron chi connectivity index (χ0n) is 10.3. The summed E-state index contributed by atoms with van der Waals surface area (Å²) in [5, 5.41) is 14.8. The van der Waals surface area contributed by atoms with Gasteiger partial charge in [0.15, 0.2) is 0 Å². The van der Waals surface area contributed by atoms with Crippen LogP contribution >= 0.6 is 15.9 Å². The van der Waals surface area contributed by atoms with E-state index in [1.54, 1.807) is 6.92 Å². The van der Waals surface area contributed by atoms with Crippen LogP contribution in [0, 0.1) is 0 Å². The summed E-state index contributed by atoms with van der Waals surface area (Å²) < 4.78 is 0.575. The summed E-state index contributed by atoms with van der Waals surface area (Å²) in [4.78, 5) is 26.9. The van der Waals surface area contributed by atoms with E-state index in [9.17, 15) is 9.59 Å². The van der Waals surface area contributed by atoms with Gasteiger partial charge in [0.2, 0.25) is 5.91 Å². The Labute approximate surface area is 118 Å². The van der Waals surface area contributed by atoms with Crippen molar-refractivity contribution in [2.75, 3.05) is 5.32 Å². The molecule has 0 aliphatic heterocycles. The molecule has 7 heteroatoms. The fraction of sp³-hybridized carbons (Fsp3) is 0.417. The van der Waals surface area contributed by atoms with Crippen molar-refractivity contribution < 1.29 is 14.7 Å². The van der Waals surface area contributed by atoms with Crippen molar-refractivity contribution in [1.82, 2.24) is 10.3 Å². The minimum Gasteiger partial charge on any atom is -0.478 e. The van der Waals surface area contributed by atoms with Crippen LogP contribution in [0.15, 0.2) is 16.7 Å². The van der Waals surface area contributed by atoms with Crippen LogP contribution in [0.25, 0.3) is 0 Å². The molecule has 1 heterocycles. The Hall–Kier alpha value is -1.63. The number of pyridine rings is 1. The summed E-state index contributed by atoms with van der Waals surface area (Å²) in [6, 6.07) is 1.18. The molecule has 1 aliphatic rings. The van der Waals surface area contributed by atoms with Crippen LogP contribution in [0.1, 0.15) is 30.1 Å². The van der Waals surface area contributed by atoms with E-state index in [2.05, 4.69) is 31.5 Å². The molecule has 102 valence electrons. The Bertz CT molecular complexity index is 517. The predicted molar refractivity (Wildman–Crippen MR) is 73.1 cm³/mol. The smallest absolute Gasteiger partial charge is 0.339 e. The quantitative estimate of drug-likeness (QED) is 0.764. The molecule has 1 fully saturated rings. The molecular formula is C12H14BrN3O3. The highest BCUT2D eigenvalue weighted by Crippen LogP contribution is 2.20. The van der Waals surface area contributed by atoms with Gasteiger partial charge in [-0.2, -0.15) is 0 Å². The van der Waals surface area contributed by atoms with Crippen LogP contribution in [0.3, 0.4) is 0 Å². The van der Waals surface area contributed by atoms with E-state index in [0.29, 0.717) is 4.47 Å². The van der Waals surface area contributed by atoms with Crippen molar-refractivity contribution in [3.8, 4) is 0 Å². The van der Waals surface area contributed by atoms with Crippen LogP contribution in [0.2, 0.25) is 0 Å². The molecule has 1 unspecified atom stereocenters. The zero-order valence-corrected chi connectivity index (χ0v) is 11.9. The van der Waals surface area contributed by atoms with Crippen molar-refractivity contribution in [3.63, 3.8) is 0 Å². The van der Waals surface area contributed by atoms with Gasteiger partial charge in [0.25, 0.3) is 0 Å². The van der Waals surface area contributed by atoms with E-state index in [0.717, 1.165) is 12.8 Å². The normalized spacial score (nSPS) is 15.7. The van der Waals surface area contributed by atoms with E-state index in [1.165, 1.54) is 12.3 Å². The van der Waals surface area contributed by atoms with Gasteiger partial charge in [0.05, 0.1) is 0 Å². The molecule has 1 aliphatic carbocycles. The lowest BCUT2D eigenvalue weighted by Crippen LogP contribution is -2.39. The van der Waals surface area contributed by atoms with Crippen LogP contribution in [-0.2, 0) is 4.79 Å². The number of aromatic nitrogens is 1. The molecule has 0 radical (unpaired) electrons. The number of halogens is 1. The second kappa shape index (κ2) is 5.56. The molecule has 1 saturated carbocycles. The van der Waals surface area contributed by atoms with Crippen LogP contribution in [0.4, 0.5) is 5.82 Å². The molecule has 19 heavy (non-hydrogen) atoms. The Balaban J connectivity index is 2.08. The predicted octanol–water partition coefficient (Wildman–Crippen LogP) is 1.62. The van der Waals surface area contributed by atoms with Gasteiger partial charge in [0.1, 0.15) is 17.4 Å². The number of nitrogens with zero attached hydrogens (tertiary/aromatic N) is 1. The maximum absolute atomic E-state index is 11.8. The van der Waals surface area contributed by atoms with Crippen molar-refractivity contribution >= 4 is 33.6 Å². The first-order valence-corrected chi connectivity index (χ1v) is 6.72. The van der Waals surface area contributed by atoms with Crippen molar-refractivity contribution in [3.05, 3.63) is 22.3 Å². The van der Waals surface area contributed by atoms with Crippen LogP contribution < -0.4 is 10.6 Å². The number of anilines is 1. The summed E-state index contributed by atoms with van der Waals surface area (Å²) in [6.45, 7) is 1.67. The lowest BCUT2D eigenvalue weighted by molar-refractivity contribution is -0.121. The Kier molecular flexibility index (Phi) is 4.04. The molecule has 2 rings (SSSR count). The topological polar surface area (TPSA) is 91.3 Å². The van der Waals surface area contributed by atoms with Gasteiger partial charge in [-0.15, -0.1) is 0 Å². The first-order chi connectivity index (χ1) is 8.97. The standard InChI is InChI=1S/C12H14BrN3O3/c1-6(11(17)16-8-2-3-8)15-10-9(12(18)19)4-7(13)5-14-10/h4-6,8H,2-3H2,1H3,(H,14,15)(H,16,17)(H,18,19). The number of carboxylic acid groups (broad SMARTS) is 1. The molecule has 0 bridgehead atoms. The fourth-order valence-corrected chi connectivity index (χ4v) is 1.87. The monoisotopic (exact) mass is 327 g/mol. The average molecular weight is 328 g/mol. The maximum Gasteiger partial charge on any atom is 0.339 e. The van der Waals surface area contributed by atoms with Gasteiger partial charge in [-0.1, -0.05) is 0 Å². The number of hydrogen-bond acceptors (Lipinski definition) is 4. The second-order valence-corrected chi connectivity index (χ2v) is 5.42. The average Bonchev–Trinajstić information content (AvgIpc) is 3.14. The highest BCUT2D eigenvalue weighted by Gasteiger charge is 2.26. The molecular weight excluding hydrogens is 314 g/mol. The highest BCUT2D eigenvalue weighted by atomic mass is 79.9. The fourth-order valence-electron chi connectivity index (χ4n) is 1.54. The van der Waals surface area contributed by atoms with Gasteiger partial charge in [-0.25, -0.2) is 9.78 Å². The Morgan fingerprint density at radius 3 is 2.79 bits per heavy atom. The molecule has 0 saturated heterocycles. The third kappa shape index (κ3) is 3.66. The number of rotatable bonds is 5. The molecule has 1 aromatic rings. The highest BCUT2D eigenvalue weighted by molar-refractivity contribution is 9.10. The van der Waals surface area contributed by atoms with Crippen molar-refractivity contribution in [1.29, 1.82) is 0 Å². The lowest BCUT2D eigenvalue weighted by Gasteiger charge is -2.15.